The van der Waals surface area contributed by atoms with Crippen LogP contribution < -0.4 is 0 Å². The van der Waals surface area contributed by atoms with Gasteiger partial charge in [-0.2, -0.15) is 13.2 Å². The molecule has 1 nitrogen and oxygen atoms in total. The van der Waals surface area contributed by atoms with Gasteiger partial charge in [0, 0.05) is 0 Å². The fourth-order valence-corrected chi connectivity index (χ4v) is 1.61. The van der Waals surface area contributed by atoms with Crippen LogP contribution >= 0.6 is 23.2 Å². The van der Waals surface area contributed by atoms with E-state index in [1.165, 1.54) is 0 Å². The Morgan fingerprint density at radius 3 is 2.25 bits per heavy atom. The molecule has 90 valence electrons. The number of hydrogen-bond acceptors (Lipinski definition) is 1. The Bertz CT molecular complexity index is 391. The van der Waals surface area contributed by atoms with Gasteiger partial charge in [0.15, 0.2) is 0 Å². The van der Waals surface area contributed by atoms with Crippen LogP contribution in [0.2, 0.25) is 5.02 Å². The van der Waals surface area contributed by atoms with E-state index in [9.17, 15) is 22.0 Å². The van der Waals surface area contributed by atoms with Gasteiger partial charge in [-0.05, 0) is 6.07 Å². The molecule has 0 N–H and O–H groups in total. The molecule has 0 saturated heterocycles. The Morgan fingerprint density at radius 2 is 1.88 bits per heavy atom. The summed E-state index contributed by atoms with van der Waals surface area (Å²) in [5.41, 5.74) is -2.79. The second-order valence-electron chi connectivity index (χ2n) is 2.78. The molecule has 0 saturated carbocycles. The molecule has 0 aliphatic rings. The van der Waals surface area contributed by atoms with Gasteiger partial charge >= 0.3 is 6.18 Å². The second kappa shape index (κ2) is 4.71. The molecular weight excluding hydrogens is 276 g/mol. The summed E-state index contributed by atoms with van der Waals surface area (Å²) >= 11 is 10.5. The SMILES string of the molecule is FC(F)c1cc(Cl)c(C(F)(F)F)c(CCl)n1. The molecule has 0 fully saturated rings. The third-order valence-corrected chi connectivity index (χ3v) is 2.25. The highest BCUT2D eigenvalue weighted by Gasteiger charge is 2.37. The van der Waals surface area contributed by atoms with Gasteiger partial charge in [-0.1, -0.05) is 11.6 Å². The average Bonchev–Trinajstić information content (AvgIpc) is 2.14. The van der Waals surface area contributed by atoms with E-state index < -0.39 is 40.5 Å². The molecule has 0 amide bonds. The summed E-state index contributed by atoms with van der Waals surface area (Å²) in [7, 11) is 0. The smallest absolute Gasteiger partial charge is 0.250 e. The van der Waals surface area contributed by atoms with Crippen LogP contribution in [0.4, 0.5) is 22.0 Å². The maximum atomic E-state index is 12.5. The second-order valence-corrected chi connectivity index (χ2v) is 3.46. The monoisotopic (exact) mass is 279 g/mol. The molecule has 1 aromatic rings. The van der Waals surface area contributed by atoms with Gasteiger partial charge in [0.1, 0.15) is 5.69 Å². The van der Waals surface area contributed by atoms with E-state index in [1.54, 1.807) is 0 Å². The predicted molar refractivity (Wildman–Crippen MR) is 48.8 cm³/mol. The first-order chi connectivity index (χ1) is 7.27. The highest BCUT2D eigenvalue weighted by Crippen LogP contribution is 2.38. The van der Waals surface area contributed by atoms with E-state index in [2.05, 4.69) is 4.98 Å². The maximum Gasteiger partial charge on any atom is 0.419 e. The zero-order valence-electron chi connectivity index (χ0n) is 7.45. The number of aromatic nitrogens is 1. The lowest BCUT2D eigenvalue weighted by Crippen LogP contribution is -2.12. The van der Waals surface area contributed by atoms with Crippen LogP contribution in [-0.2, 0) is 12.1 Å². The van der Waals surface area contributed by atoms with E-state index in [0.29, 0.717) is 6.07 Å². The summed E-state index contributed by atoms with van der Waals surface area (Å²) in [5.74, 6) is -0.644. The third kappa shape index (κ3) is 2.74. The number of nitrogens with zero attached hydrogens (tertiary/aromatic N) is 1. The first-order valence-corrected chi connectivity index (χ1v) is 4.79. The molecule has 16 heavy (non-hydrogen) atoms. The number of halogens is 7. The van der Waals surface area contributed by atoms with Crippen LogP contribution in [0.25, 0.3) is 0 Å². The van der Waals surface area contributed by atoms with Crippen molar-refractivity contribution in [3.05, 3.63) is 28.0 Å². The topological polar surface area (TPSA) is 12.9 Å². The van der Waals surface area contributed by atoms with Crippen LogP contribution in [-0.4, -0.2) is 4.98 Å². The molecule has 0 radical (unpaired) electrons. The maximum absolute atomic E-state index is 12.5. The lowest BCUT2D eigenvalue weighted by molar-refractivity contribution is -0.138. The Morgan fingerprint density at radius 1 is 1.31 bits per heavy atom. The standard InChI is InChI=1S/C8H4Cl2F5N/c9-2-5-6(8(13,14)15)3(10)1-4(16-5)7(11)12/h1,7H,2H2. The van der Waals surface area contributed by atoms with E-state index in [1.807, 2.05) is 0 Å². The molecule has 0 aromatic carbocycles. The highest BCUT2D eigenvalue weighted by molar-refractivity contribution is 6.31. The molecule has 1 rings (SSSR count). The van der Waals surface area contributed by atoms with Gasteiger partial charge in [-0.25, -0.2) is 13.8 Å². The fourth-order valence-electron chi connectivity index (χ4n) is 1.09. The summed E-state index contributed by atoms with van der Waals surface area (Å²) in [6.45, 7) is 0. The van der Waals surface area contributed by atoms with E-state index >= 15 is 0 Å². The van der Waals surface area contributed by atoms with Crippen molar-refractivity contribution in [1.82, 2.24) is 4.98 Å². The summed E-state index contributed by atoms with van der Waals surface area (Å²) in [6.07, 6.45) is -7.77. The van der Waals surface area contributed by atoms with Crippen molar-refractivity contribution in [2.75, 3.05) is 0 Å². The minimum absolute atomic E-state index is 0.491. The number of hydrogen-bond donors (Lipinski definition) is 0. The molecule has 0 atom stereocenters. The van der Waals surface area contributed by atoms with Crippen LogP contribution in [0.15, 0.2) is 6.07 Å². The van der Waals surface area contributed by atoms with Crippen LogP contribution in [0.5, 0.6) is 0 Å². The average molecular weight is 280 g/mol. The van der Waals surface area contributed by atoms with Crippen molar-refractivity contribution in [1.29, 1.82) is 0 Å². The summed E-state index contributed by atoms with van der Waals surface area (Å²) < 4.78 is 61.9. The van der Waals surface area contributed by atoms with Crippen LogP contribution in [0.1, 0.15) is 23.4 Å². The lowest BCUT2D eigenvalue weighted by Gasteiger charge is -2.13. The van der Waals surface area contributed by atoms with Crippen molar-refractivity contribution in [3.63, 3.8) is 0 Å². The molecule has 0 spiro atoms. The first-order valence-electron chi connectivity index (χ1n) is 3.88. The van der Waals surface area contributed by atoms with Gasteiger partial charge < -0.3 is 0 Å². The van der Waals surface area contributed by atoms with E-state index in [0.717, 1.165) is 0 Å². The number of pyridine rings is 1. The molecule has 0 unspecified atom stereocenters. The van der Waals surface area contributed by atoms with Crippen molar-refractivity contribution >= 4 is 23.2 Å². The van der Waals surface area contributed by atoms with Gasteiger partial charge in [-0.3, -0.25) is 0 Å². The zero-order valence-corrected chi connectivity index (χ0v) is 8.97. The van der Waals surface area contributed by atoms with Crippen molar-refractivity contribution in [3.8, 4) is 0 Å². The molecule has 0 aliphatic carbocycles. The van der Waals surface area contributed by atoms with E-state index in [4.69, 9.17) is 23.2 Å². The Hall–Kier alpha value is -0.620. The minimum atomic E-state index is -4.77. The van der Waals surface area contributed by atoms with Crippen molar-refractivity contribution < 1.29 is 22.0 Å². The molecule has 0 bridgehead atoms. The highest BCUT2D eigenvalue weighted by atomic mass is 35.5. The Balaban J connectivity index is 3.41. The zero-order chi connectivity index (χ0) is 12.5. The third-order valence-electron chi connectivity index (χ3n) is 1.70. The Kier molecular flexibility index (Phi) is 3.96. The normalized spacial score (nSPS) is 12.2. The van der Waals surface area contributed by atoms with E-state index in [-0.39, 0.29) is 0 Å². The van der Waals surface area contributed by atoms with Crippen LogP contribution in [0, 0.1) is 0 Å². The fraction of sp³-hybridized carbons (Fsp3) is 0.375. The lowest BCUT2D eigenvalue weighted by atomic mass is 10.1. The number of alkyl halides is 6. The predicted octanol–water partition coefficient (Wildman–Crippen LogP) is 4.43. The first kappa shape index (κ1) is 13.4. The summed E-state index contributed by atoms with van der Waals surface area (Å²) in [6, 6.07) is 0.491. The largest absolute Gasteiger partial charge is 0.419 e. The quantitative estimate of drug-likeness (QED) is 0.576. The molecule has 0 aliphatic heterocycles. The van der Waals surface area contributed by atoms with Crippen LogP contribution in [0.3, 0.4) is 0 Å². The van der Waals surface area contributed by atoms with Gasteiger partial charge in [0.05, 0.1) is 22.2 Å². The summed E-state index contributed by atoms with van der Waals surface area (Å²) in [5, 5.41) is -0.826. The van der Waals surface area contributed by atoms with Crippen molar-refractivity contribution in [2.24, 2.45) is 0 Å². The Labute approximate surface area is 97.2 Å². The molecular formula is C8H4Cl2F5N. The van der Waals surface area contributed by atoms with Gasteiger partial charge in [-0.15, -0.1) is 11.6 Å². The molecule has 1 heterocycles. The minimum Gasteiger partial charge on any atom is -0.250 e. The summed E-state index contributed by atoms with van der Waals surface area (Å²) in [4.78, 5) is 3.13. The molecule has 8 heteroatoms. The van der Waals surface area contributed by atoms with Gasteiger partial charge in [0.2, 0.25) is 0 Å². The van der Waals surface area contributed by atoms with Crippen molar-refractivity contribution in [2.45, 2.75) is 18.5 Å². The van der Waals surface area contributed by atoms with Gasteiger partial charge in [0.25, 0.3) is 6.43 Å². The number of rotatable bonds is 2. The molecule has 1 aromatic heterocycles.